The molecule has 1 unspecified atom stereocenters. The fourth-order valence-electron chi connectivity index (χ4n) is 1.71. The maximum Gasteiger partial charge on any atom is 0.250 e. The second kappa shape index (κ2) is 5.56. The number of amides is 1. The average Bonchev–Trinajstić information content (AvgIpc) is 3.19. The summed E-state index contributed by atoms with van der Waals surface area (Å²) in [6.07, 6.45) is 3.42. The van der Waals surface area contributed by atoms with E-state index in [0.717, 1.165) is 10.6 Å². The second-order valence-electron chi connectivity index (χ2n) is 4.17. The summed E-state index contributed by atoms with van der Waals surface area (Å²) in [4.78, 5) is 17.6. The van der Waals surface area contributed by atoms with Crippen molar-refractivity contribution in [2.24, 2.45) is 0 Å². The highest BCUT2D eigenvalue weighted by Crippen LogP contribution is 2.28. The molecular weight excluding hydrogens is 292 g/mol. The van der Waals surface area contributed by atoms with Gasteiger partial charge in [0.1, 0.15) is 6.04 Å². The number of nitrogens with zero attached hydrogens (tertiary/aromatic N) is 3. The van der Waals surface area contributed by atoms with Gasteiger partial charge in [0, 0.05) is 17.8 Å². The van der Waals surface area contributed by atoms with Crippen LogP contribution in [0, 0.1) is 0 Å². The van der Waals surface area contributed by atoms with Crippen LogP contribution in [0.2, 0.25) is 0 Å². The quantitative estimate of drug-likeness (QED) is 0.804. The molecule has 1 N–H and O–H groups in total. The van der Waals surface area contributed by atoms with Gasteiger partial charge in [-0.3, -0.25) is 9.48 Å². The van der Waals surface area contributed by atoms with Crippen LogP contribution in [0.15, 0.2) is 41.4 Å². The predicted molar refractivity (Wildman–Crippen MR) is 81.0 cm³/mol. The maximum atomic E-state index is 12.1. The van der Waals surface area contributed by atoms with Gasteiger partial charge < -0.3 is 5.32 Å². The fourth-order valence-corrected chi connectivity index (χ4v) is 3.18. The Labute approximate surface area is 123 Å². The van der Waals surface area contributed by atoms with Crippen LogP contribution in [0.1, 0.15) is 13.0 Å². The summed E-state index contributed by atoms with van der Waals surface area (Å²) < 4.78 is 1.61. The van der Waals surface area contributed by atoms with Gasteiger partial charge in [0.05, 0.1) is 10.6 Å². The smallest absolute Gasteiger partial charge is 0.250 e. The van der Waals surface area contributed by atoms with Crippen LogP contribution < -0.4 is 5.32 Å². The Bertz CT molecular complexity index is 688. The third kappa shape index (κ3) is 2.63. The first kappa shape index (κ1) is 13.0. The number of rotatable bonds is 4. The van der Waals surface area contributed by atoms with E-state index < -0.39 is 0 Å². The van der Waals surface area contributed by atoms with Crippen molar-refractivity contribution in [3.05, 3.63) is 41.4 Å². The molecule has 5 nitrogen and oxygen atoms in total. The van der Waals surface area contributed by atoms with Crippen LogP contribution >= 0.6 is 22.7 Å². The molecule has 0 bridgehead atoms. The van der Waals surface area contributed by atoms with Crippen molar-refractivity contribution in [2.45, 2.75) is 13.0 Å². The van der Waals surface area contributed by atoms with Gasteiger partial charge in [-0.25, -0.2) is 4.98 Å². The van der Waals surface area contributed by atoms with Crippen LogP contribution in [-0.2, 0) is 4.79 Å². The number of anilines is 1. The van der Waals surface area contributed by atoms with Crippen LogP contribution in [0.4, 0.5) is 5.13 Å². The minimum atomic E-state index is -0.362. The molecule has 3 rings (SSSR count). The van der Waals surface area contributed by atoms with Gasteiger partial charge in [0.15, 0.2) is 5.13 Å². The number of hydrogen-bond donors (Lipinski definition) is 1. The van der Waals surface area contributed by atoms with Crippen molar-refractivity contribution in [3.63, 3.8) is 0 Å². The lowest BCUT2D eigenvalue weighted by molar-refractivity contribution is -0.119. The third-order valence-corrected chi connectivity index (χ3v) is 4.46. The van der Waals surface area contributed by atoms with Crippen LogP contribution in [-0.4, -0.2) is 20.7 Å². The van der Waals surface area contributed by atoms with Gasteiger partial charge in [-0.15, -0.1) is 22.7 Å². The van der Waals surface area contributed by atoms with Gasteiger partial charge in [-0.2, -0.15) is 5.10 Å². The number of carbonyl (C=O) groups excluding carboxylic acids is 1. The van der Waals surface area contributed by atoms with E-state index in [9.17, 15) is 4.79 Å². The van der Waals surface area contributed by atoms with Crippen molar-refractivity contribution < 1.29 is 4.79 Å². The van der Waals surface area contributed by atoms with E-state index in [1.54, 1.807) is 41.4 Å². The molecule has 1 atom stereocenters. The summed E-state index contributed by atoms with van der Waals surface area (Å²) >= 11 is 3.05. The lowest BCUT2D eigenvalue weighted by Crippen LogP contribution is -2.23. The Hall–Kier alpha value is -1.99. The molecule has 0 saturated heterocycles. The summed E-state index contributed by atoms with van der Waals surface area (Å²) in [6.45, 7) is 1.80. The highest BCUT2D eigenvalue weighted by atomic mass is 32.1. The Balaban J connectivity index is 1.70. The largest absolute Gasteiger partial charge is 0.300 e. The summed E-state index contributed by atoms with van der Waals surface area (Å²) in [5, 5.41) is 11.4. The van der Waals surface area contributed by atoms with Gasteiger partial charge in [-0.1, -0.05) is 6.07 Å². The third-order valence-electron chi connectivity index (χ3n) is 2.81. The number of carbonyl (C=O) groups is 1. The normalized spacial score (nSPS) is 12.2. The lowest BCUT2D eigenvalue weighted by atomic mass is 10.3. The highest BCUT2D eigenvalue weighted by molar-refractivity contribution is 7.16. The van der Waals surface area contributed by atoms with E-state index in [1.165, 1.54) is 11.3 Å². The fraction of sp³-hybridized carbons (Fsp3) is 0.154. The molecule has 0 fully saturated rings. The van der Waals surface area contributed by atoms with Gasteiger partial charge in [0.2, 0.25) is 0 Å². The second-order valence-corrected chi connectivity index (χ2v) is 5.97. The van der Waals surface area contributed by atoms with Crippen molar-refractivity contribution in [3.8, 4) is 10.6 Å². The molecule has 0 saturated carbocycles. The molecule has 1 amide bonds. The highest BCUT2D eigenvalue weighted by Gasteiger charge is 2.16. The topological polar surface area (TPSA) is 59.8 Å². The standard InChI is InChI=1S/C13H12N4OS2/c1-9(17-6-3-5-14-17)12(18)16-13-15-10(8-20-13)11-4-2-7-19-11/h2-9H,1H3,(H,15,16,18). The average molecular weight is 304 g/mol. The zero-order valence-electron chi connectivity index (χ0n) is 10.7. The van der Waals surface area contributed by atoms with E-state index in [0.29, 0.717) is 5.13 Å². The van der Waals surface area contributed by atoms with Gasteiger partial charge >= 0.3 is 0 Å². The monoisotopic (exact) mass is 304 g/mol. The van der Waals surface area contributed by atoms with Crippen molar-refractivity contribution in [1.82, 2.24) is 14.8 Å². The summed E-state index contributed by atoms with van der Waals surface area (Å²) in [5.41, 5.74) is 0.895. The molecule has 0 radical (unpaired) electrons. The lowest BCUT2D eigenvalue weighted by Gasteiger charge is -2.10. The molecule has 3 aromatic heterocycles. The first-order valence-electron chi connectivity index (χ1n) is 6.03. The van der Waals surface area contributed by atoms with E-state index >= 15 is 0 Å². The van der Waals surface area contributed by atoms with Gasteiger partial charge in [0.25, 0.3) is 5.91 Å². The molecular formula is C13H12N4OS2. The molecule has 0 spiro atoms. The number of thiophene rings is 1. The number of aromatic nitrogens is 3. The van der Waals surface area contributed by atoms with Crippen LogP contribution in [0.3, 0.4) is 0 Å². The SMILES string of the molecule is CC(C(=O)Nc1nc(-c2cccs2)cs1)n1cccn1. The first-order valence-corrected chi connectivity index (χ1v) is 7.79. The van der Waals surface area contributed by atoms with E-state index in [1.807, 2.05) is 22.9 Å². The Morgan fingerprint density at radius 3 is 3.00 bits per heavy atom. The van der Waals surface area contributed by atoms with E-state index in [-0.39, 0.29) is 11.9 Å². The Morgan fingerprint density at radius 2 is 2.30 bits per heavy atom. The number of thiazole rings is 1. The summed E-state index contributed by atoms with van der Waals surface area (Å²) in [5.74, 6) is -0.124. The maximum absolute atomic E-state index is 12.1. The zero-order valence-corrected chi connectivity index (χ0v) is 12.3. The number of hydrogen-bond acceptors (Lipinski definition) is 5. The minimum Gasteiger partial charge on any atom is -0.300 e. The van der Waals surface area contributed by atoms with Crippen molar-refractivity contribution in [2.75, 3.05) is 5.32 Å². The molecule has 20 heavy (non-hydrogen) atoms. The van der Waals surface area contributed by atoms with Crippen molar-refractivity contribution in [1.29, 1.82) is 0 Å². The molecule has 7 heteroatoms. The molecule has 0 aliphatic rings. The Morgan fingerprint density at radius 1 is 1.40 bits per heavy atom. The van der Waals surface area contributed by atoms with E-state index in [2.05, 4.69) is 15.4 Å². The first-order chi connectivity index (χ1) is 9.74. The molecule has 0 aliphatic carbocycles. The predicted octanol–water partition coefficient (Wildman–Crippen LogP) is 3.27. The molecule has 3 aromatic rings. The zero-order chi connectivity index (χ0) is 13.9. The van der Waals surface area contributed by atoms with E-state index in [4.69, 9.17) is 0 Å². The van der Waals surface area contributed by atoms with Crippen molar-refractivity contribution >= 4 is 33.7 Å². The number of nitrogens with one attached hydrogen (secondary N) is 1. The molecule has 3 heterocycles. The minimum absolute atomic E-state index is 0.124. The molecule has 102 valence electrons. The van der Waals surface area contributed by atoms with Crippen LogP contribution in [0.5, 0.6) is 0 Å². The Kier molecular flexibility index (Phi) is 3.62. The molecule has 0 aliphatic heterocycles. The summed E-state index contributed by atoms with van der Waals surface area (Å²) in [7, 11) is 0. The molecule has 0 aromatic carbocycles. The van der Waals surface area contributed by atoms with Crippen LogP contribution in [0.25, 0.3) is 10.6 Å². The summed E-state index contributed by atoms with van der Waals surface area (Å²) in [6, 6.07) is 5.43. The van der Waals surface area contributed by atoms with Gasteiger partial charge in [-0.05, 0) is 24.4 Å².